The average Bonchev–Trinajstić information content (AvgIpc) is 2.55. The maximum absolute atomic E-state index is 12.9. The molecule has 0 saturated carbocycles. The summed E-state index contributed by atoms with van der Waals surface area (Å²) in [6.45, 7) is 0.422. The number of nitrogens with two attached hydrogens (primary N) is 1. The number of para-hydroxylation sites is 1. The van der Waals surface area contributed by atoms with Crippen molar-refractivity contribution < 1.29 is 13.2 Å². The van der Waals surface area contributed by atoms with E-state index >= 15 is 0 Å². The molecule has 1 aromatic heterocycles. The lowest BCUT2D eigenvalue weighted by atomic mass is 10.1. The summed E-state index contributed by atoms with van der Waals surface area (Å²) in [5.74, 6) is 0. The monoisotopic (exact) mass is 242 g/mol. The largest absolute Gasteiger partial charge is 0.418 e. The lowest BCUT2D eigenvalue weighted by molar-refractivity contribution is -0.136. The van der Waals surface area contributed by atoms with Gasteiger partial charge in [0.2, 0.25) is 0 Å². The number of halogens is 3. The molecule has 2 rings (SSSR count). The summed E-state index contributed by atoms with van der Waals surface area (Å²) in [4.78, 5) is 0. The molecule has 0 aliphatic carbocycles. The molecule has 0 spiro atoms. The van der Waals surface area contributed by atoms with Crippen LogP contribution in [0.2, 0.25) is 0 Å². The number of benzene rings is 1. The van der Waals surface area contributed by atoms with Crippen molar-refractivity contribution in [3.8, 4) is 0 Å². The SMILES string of the molecule is Cn1c(CCN)cc2cccc(C(F)(F)F)c21. The number of hydrogen-bond donors (Lipinski definition) is 1. The van der Waals surface area contributed by atoms with Crippen molar-refractivity contribution in [2.75, 3.05) is 6.54 Å². The third-order valence-corrected chi connectivity index (χ3v) is 2.86. The number of aryl methyl sites for hydroxylation is 1. The Hall–Kier alpha value is -1.49. The fourth-order valence-corrected chi connectivity index (χ4v) is 2.09. The summed E-state index contributed by atoms with van der Waals surface area (Å²) in [5, 5.41) is 0.603. The molecule has 1 heterocycles. The van der Waals surface area contributed by atoms with Crippen LogP contribution in [0.5, 0.6) is 0 Å². The van der Waals surface area contributed by atoms with Crippen molar-refractivity contribution in [1.82, 2.24) is 4.57 Å². The Labute approximate surface area is 96.8 Å². The summed E-state index contributed by atoms with van der Waals surface area (Å²) < 4.78 is 40.1. The molecular weight excluding hydrogens is 229 g/mol. The number of aromatic nitrogens is 1. The topological polar surface area (TPSA) is 30.9 Å². The molecule has 1 aromatic carbocycles. The number of rotatable bonds is 2. The highest BCUT2D eigenvalue weighted by Gasteiger charge is 2.33. The van der Waals surface area contributed by atoms with Gasteiger partial charge >= 0.3 is 6.18 Å². The van der Waals surface area contributed by atoms with Gasteiger partial charge in [-0.2, -0.15) is 13.2 Å². The highest BCUT2D eigenvalue weighted by Crippen LogP contribution is 2.35. The van der Waals surface area contributed by atoms with E-state index in [4.69, 9.17) is 5.73 Å². The van der Waals surface area contributed by atoms with Crippen LogP contribution in [-0.2, 0) is 19.6 Å². The van der Waals surface area contributed by atoms with Crippen LogP contribution in [0.1, 0.15) is 11.3 Å². The lowest BCUT2D eigenvalue weighted by Crippen LogP contribution is -2.10. The Morgan fingerprint density at radius 1 is 1.29 bits per heavy atom. The molecule has 0 aliphatic rings. The Kier molecular flexibility index (Phi) is 2.87. The minimum absolute atomic E-state index is 0.225. The van der Waals surface area contributed by atoms with Gasteiger partial charge in [-0.05, 0) is 25.1 Å². The standard InChI is InChI=1S/C12H13F3N2/c1-17-9(5-6-16)7-8-3-2-4-10(11(8)17)12(13,14)15/h2-4,7H,5-6,16H2,1H3. The summed E-state index contributed by atoms with van der Waals surface area (Å²) in [6.07, 6.45) is -3.76. The van der Waals surface area contributed by atoms with E-state index in [-0.39, 0.29) is 5.52 Å². The summed E-state index contributed by atoms with van der Waals surface area (Å²) in [5.41, 5.74) is 5.89. The van der Waals surface area contributed by atoms with Gasteiger partial charge in [0.25, 0.3) is 0 Å². The van der Waals surface area contributed by atoms with Crippen molar-refractivity contribution in [3.05, 3.63) is 35.5 Å². The van der Waals surface area contributed by atoms with Crippen molar-refractivity contribution in [1.29, 1.82) is 0 Å². The smallest absolute Gasteiger partial charge is 0.347 e. The van der Waals surface area contributed by atoms with E-state index < -0.39 is 11.7 Å². The van der Waals surface area contributed by atoms with Gasteiger partial charge in [0, 0.05) is 18.1 Å². The number of fused-ring (bicyclic) bond motifs is 1. The zero-order chi connectivity index (χ0) is 12.6. The minimum atomic E-state index is -4.33. The van der Waals surface area contributed by atoms with Crippen LogP contribution in [0.3, 0.4) is 0 Å². The highest BCUT2D eigenvalue weighted by atomic mass is 19.4. The van der Waals surface area contributed by atoms with Crippen LogP contribution in [-0.4, -0.2) is 11.1 Å². The first-order valence-electron chi connectivity index (χ1n) is 5.29. The zero-order valence-corrected chi connectivity index (χ0v) is 9.38. The number of alkyl halides is 3. The normalized spacial score (nSPS) is 12.3. The van der Waals surface area contributed by atoms with Crippen molar-refractivity contribution in [2.45, 2.75) is 12.6 Å². The third-order valence-electron chi connectivity index (χ3n) is 2.86. The van der Waals surface area contributed by atoms with Crippen molar-refractivity contribution in [3.63, 3.8) is 0 Å². The molecule has 2 aromatic rings. The zero-order valence-electron chi connectivity index (χ0n) is 9.38. The first-order chi connectivity index (χ1) is 7.95. The van der Waals surface area contributed by atoms with Crippen LogP contribution in [0.15, 0.2) is 24.3 Å². The van der Waals surface area contributed by atoms with Gasteiger partial charge < -0.3 is 10.3 Å². The molecule has 0 saturated heterocycles. The van der Waals surface area contributed by atoms with Crippen LogP contribution >= 0.6 is 0 Å². The first kappa shape index (κ1) is 12.0. The van der Waals surface area contributed by atoms with Gasteiger partial charge in [-0.1, -0.05) is 12.1 Å². The molecule has 0 fully saturated rings. The van der Waals surface area contributed by atoms with E-state index in [2.05, 4.69) is 0 Å². The molecule has 17 heavy (non-hydrogen) atoms. The van der Waals surface area contributed by atoms with E-state index in [0.717, 1.165) is 11.8 Å². The van der Waals surface area contributed by atoms with Crippen LogP contribution in [0.25, 0.3) is 10.9 Å². The highest BCUT2D eigenvalue weighted by molar-refractivity contribution is 5.85. The lowest BCUT2D eigenvalue weighted by Gasteiger charge is -2.10. The molecule has 0 atom stereocenters. The van der Waals surface area contributed by atoms with E-state index in [9.17, 15) is 13.2 Å². The minimum Gasteiger partial charge on any atom is -0.347 e. The molecule has 92 valence electrons. The average molecular weight is 242 g/mol. The van der Waals surface area contributed by atoms with Gasteiger partial charge in [-0.3, -0.25) is 0 Å². The fraction of sp³-hybridized carbons (Fsp3) is 0.333. The van der Waals surface area contributed by atoms with Gasteiger partial charge in [0.05, 0.1) is 11.1 Å². The Balaban J connectivity index is 2.71. The quantitative estimate of drug-likeness (QED) is 0.862. The third kappa shape index (κ3) is 2.02. The fourth-order valence-electron chi connectivity index (χ4n) is 2.09. The van der Waals surface area contributed by atoms with Crippen molar-refractivity contribution >= 4 is 10.9 Å². The first-order valence-corrected chi connectivity index (χ1v) is 5.29. The molecular formula is C12H13F3N2. The molecule has 2 nitrogen and oxygen atoms in total. The van der Waals surface area contributed by atoms with Crippen LogP contribution < -0.4 is 5.73 Å². The summed E-state index contributed by atoms with van der Waals surface area (Å²) in [6, 6.07) is 5.98. The van der Waals surface area contributed by atoms with E-state index in [0.29, 0.717) is 18.4 Å². The molecule has 0 unspecified atom stereocenters. The second-order valence-corrected chi connectivity index (χ2v) is 3.97. The van der Waals surface area contributed by atoms with Crippen molar-refractivity contribution in [2.24, 2.45) is 12.8 Å². The maximum atomic E-state index is 12.9. The van der Waals surface area contributed by atoms with E-state index in [1.807, 2.05) is 0 Å². The summed E-state index contributed by atoms with van der Waals surface area (Å²) in [7, 11) is 1.64. The van der Waals surface area contributed by atoms with Gasteiger partial charge in [-0.15, -0.1) is 0 Å². The Bertz CT molecular complexity index is 540. The molecule has 0 aliphatic heterocycles. The predicted octanol–water partition coefficient (Wildman–Crippen LogP) is 2.70. The molecule has 5 heteroatoms. The Morgan fingerprint density at radius 3 is 2.59 bits per heavy atom. The second-order valence-electron chi connectivity index (χ2n) is 3.97. The van der Waals surface area contributed by atoms with Crippen LogP contribution in [0, 0.1) is 0 Å². The molecule has 0 bridgehead atoms. The number of nitrogens with zero attached hydrogens (tertiary/aromatic N) is 1. The van der Waals surface area contributed by atoms with Gasteiger partial charge in [0.1, 0.15) is 0 Å². The van der Waals surface area contributed by atoms with E-state index in [1.165, 1.54) is 6.07 Å². The van der Waals surface area contributed by atoms with Crippen LogP contribution in [0.4, 0.5) is 13.2 Å². The summed E-state index contributed by atoms with van der Waals surface area (Å²) >= 11 is 0. The molecule has 0 radical (unpaired) electrons. The predicted molar refractivity (Wildman–Crippen MR) is 60.7 cm³/mol. The van der Waals surface area contributed by atoms with E-state index in [1.54, 1.807) is 23.7 Å². The second kappa shape index (κ2) is 4.07. The molecule has 2 N–H and O–H groups in total. The molecule has 0 amide bonds. The Morgan fingerprint density at radius 2 is 2.00 bits per heavy atom. The van der Waals surface area contributed by atoms with Gasteiger partial charge in [-0.25, -0.2) is 0 Å². The number of hydrogen-bond acceptors (Lipinski definition) is 1. The van der Waals surface area contributed by atoms with Gasteiger partial charge in [0.15, 0.2) is 0 Å². The maximum Gasteiger partial charge on any atom is 0.418 e.